The largest absolute Gasteiger partial charge is 0.490 e. The summed E-state index contributed by atoms with van der Waals surface area (Å²) in [7, 11) is 3.98. The summed E-state index contributed by atoms with van der Waals surface area (Å²) in [5.41, 5.74) is 1.37. The molecule has 7 heteroatoms. The molecule has 0 amide bonds. The minimum absolute atomic E-state index is 0.0252. The quantitative estimate of drug-likeness (QED) is 0.499. The Balaban J connectivity index is 1.30. The van der Waals surface area contributed by atoms with E-state index in [0.29, 0.717) is 16.8 Å². The molecule has 0 aliphatic carbocycles. The maximum Gasteiger partial charge on any atom is 0.275 e. The lowest BCUT2D eigenvalue weighted by atomic mass is 10.0. The summed E-state index contributed by atoms with van der Waals surface area (Å²) in [6, 6.07) is 11.2. The van der Waals surface area contributed by atoms with Crippen molar-refractivity contribution in [3.8, 4) is 11.4 Å². The Morgan fingerprint density at radius 2 is 1.85 bits per heavy atom. The number of hydrogen-bond donors (Lipinski definition) is 0. The van der Waals surface area contributed by atoms with Crippen molar-refractivity contribution in [3.63, 3.8) is 0 Å². The van der Waals surface area contributed by atoms with Crippen molar-refractivity contribution in [2.75, 3.05) is 14.2 Å². The van der Waals surface area contributed by atoms with E-state index in [4.69, 9.17) is 9.47 Å². The summed E-state index contributed by atoms with van der Waals surface area (Å²) in [5, 5.41) is 0. The molecule has 3 atom stereocenters. The Kier molecular flexibility index (Phi) is 6.05. The van der Waals surface area contributed by atoms with E-state index in [1.54, 1.807) is 18.0 Å². The van der Waals surface area contributed by atoms with Crippen molar-refractivity contribution in [3.05, 3.63) is 51.9 Å². The van der Waals surface area contributed by atoms with Gasteiger partial charge in [0.1, 0.15) is 22.9 Å². The van der Waals surface area contributed by atoms with E-state index in [9.17, 15) is 4.79 Å². The second-order valence-corrected chi connectivity index (χ2v) is 11.2. The Labute approximate surface area is 199 Å². The van der Waals surface area contributed by atoms with Crippen LogP contribution in [0.4, 0.5) is 0 Å². The number of nitrogens with zero attached hydrogens (tertiary/aromatic N) is 3. The molecule has 0 unspecified atom stereocenters. The molecule has 5 rings (SSSR count). The minimum atomic E-state index is -0.180. The fourth-order valence-corrected chi connectivity index (χ4v) is 6.17. The standard InChI is InChI=1S/C26H33N3O3S/c1-26(2,31-4)12-11-22-15-23-24(33-22)25(30)29(16-27-23)17-7-9-20(10-8-17)32-21-13-18-5-6-19(14-21)28(18)3/h7-10,15-16,18-19,21H,5-6,11-14H2,1-4H3/t18-,19+,21+. The molecule has 4 heterocycles. The molecule has 2 aliphatic rings. The first-order chi connectivity index (χ1) is 15.8. The summed E-state index contributed by atoms with van der Waals surface area (Å²) in [4.78, 5) is 21.4. The maximum atomic E-state index is 13.2. The summed E-state index contributed by atoms with van der Waals surface area (Å²) in [6.45, 7) is 4.16. The number of piperidine rings is 1. The molecule has 33 heavy (non-hydrogen) atoms. The topological polar surface area (TPSA) is 56.6 Å². The number of aromatic nitrogens is 2. The Bertz CT molecular complexity index is 1170. The Hall–Kier alpha value is -2.22. The van der Waals surface area contributed by atoms with Gasteiger partial charge in [0.2, 0.25) is 0 Å². The summed E-state index contributed by atoms with van der Waals surface area (Å²) in [5.74, 6) is 0.869. The van der Waals surface area contributed by atoms with Crippen molar-refractivity contribution >= 4 is 21.6 Å². The van der Waals surface area contributed by atoms with Gasteiger partial charge < -0.3 is 14.4 Å². The molecule has 2 fully saturated rings. The average Bonchev–Trinajstić information content (AvgIpc) is 3.30. The first kappa shape index (κ1) is 22.6. The molecular weight excluding hydrogens is 434 g/mol. The third-order valence-electron chi connectivity index (χ3n) is 7.49. The van der Waals surface area contributed by atoms with Gasteiger partial charge >= 0.3 is 0 Å². The van der Waals surface area contributed by atoms with Crippen LogP contribution in [0.3, 0.4) is 0 Å². The molecule has 176 valence electrons. The molecule has 2 aromatic heterocycles. The molecule has 0 saturated carbocycles. The maximum absolute atomic E-state index is 13.2. The highest BCUT2D eigenvalue weighted by Crippen LogP contribution is 2.36. The van der Waals surface area contributed by atoms with Crippen molar-refractivity contribution in [2.45, 2.75) is 76.2 Å². The van der Waals surface area contributed by atoms with Crippen LogP contribution in [0, 0.1) is 0 Å². The SMILES string of the molecule is COC(C)(C)CCc1cc2ncn(-c3ccc(O[C@H]4C[C@H]5CC[C@@H](C4)N5C)cc3)c(=O)c2s1. The lowest BCUT2D eigenvalue weighted by molar-refractivity contribution is 0.0159. The van der Waals surface area contributed by atoms with E-state index in [1.807, 2.05) is 30.3 Å². The zero-order valence-electron chi connectivity index (χ0n) is 19.9. The molecule has 2 aliphatic heterocycles. The zero-order valence-corrected chi connectivity index (χ0v) is 20.7. The summed E-state index contributed by atoms with van der Waals surface area (Å²) in [6.07, 6.45) is 8.42. The van der Waals surface area contributed by atoms with Crippen molar-refractivity contribution < 1.29 is 9.47 Å². The normalized spacial score (nSPS) is 23.3. The second-order valence-electron chi connectivity index (χ2n) is 10.1. The van der Waals surface area contributed by atoms with Gasteiger partial charge in [0.15, 0.2) is 0 Å². The van der Waals surface area contributed by atoms with Gasteiger partial charge in [-0.25, -0.2) is 4.98 Å². The van der Waals surface area contributed by atoms with Gasteiger partial charge in [-0.3, -0.25) is 9.36 Å². The summed E-state index contributed by atoms with van der Waals surface area (Å²) >= 11 is 1.54. The Morgan fingerprint density at radius 3 is 2.52 bits per heavy atom. The minimum Gasteiger partial charge on any atom is -0.490 e. The number of fused-ring (bicyclic) bond motifs is 3. The van der Waals surface area contributed by atoms with E-state index in [2.05, 4.69) is 30.8 Å². The van der Waals surface area contributed by atoms with Crippen LogP contribution < -0.4 is 10.3 Å². The molecule has 0 spiro atoms. The van der Waals surface area contributed by atoms with Crippen LogP contribution in [0.25, 0.3) is 15.9 Å². The van der Waals surface area contributed by atoms with Gasteiger partial charge in [0, 0.05) is 24.1 Å². The van der Waals surface area contributed by atoms with Crippen molar-refractivity contribution in [1.82, 2.24) is 14.5 Å². The van der Waals surface area contributed by atoms with E-state index in [-0.39, 0.29) is 17.3 Å². The van der Waals surface area contributed by atoms with E-state index in [0.717, 1.165) is 47.5 Å². The van der Waals surface area contributed by atoms with E-state index < -0.39 is 0 Å². The fourth-order valence-electron chi connectivity index (χ4n) is 5.13. The van der Waals surface area contributed by atoms with Crippen LogP contribution in [0.5, 0.6) is 5.75 Å². The highest BCUT2D eigenvalue weighted by atomic mass is 32.1. The fraction of sp³-hybridized carbons (Fsp3) is 0.538. The molecule has 1 aromatic carbocycles. The smallest absolute Gasteiger partial charge is 0.275 e. The number of hydrogen-bond acceptors (Lipinski definition) is 6. The van der Waals surface area contributed by atoms with Crippen LogP contribution in [-0.4, -0.2) is 52.4 Å². The van der Waals surface area contributed by atoms with Crippen molar-refractivity contribution in [1.29, 1.82) is 0 Å². The average molecular weight is 468 g/mol. The number of benzene rings is 1. The van der Waals surface area contributed by atoms with E-state index >= 15 is 0 Å². The Morgan fingerprint density at radius 1 is 1.15 bits per heavy atom. The second kappa shape index (κ2) is 8.85. The summed E-state index contributed by atoms with van der Waals surface area (Å²) < 4.78 is 14.2. The molecule has 2 saturated heterocycles. The van der Waals surface area contributed by atoms with Gasteiger partial charge in [-0.15, -0.1) is 11.3 Å². The third kappa shape index (κ3) is 4.59. The number of aryl methyl sites for hydroxylation is 1. The molecular formula is C26H33N3O3S. The molecule has 0 N–H and O–H groups in total. The number of methoxy groups -OCH3 is 1. The van der Waals surface area contributed by atoms with Crippen LogP contribution in [0.15, 0.2) is 41.5 Å². The van der Waals surface area contributed by atoms with Gasteiger partial charge in [-0.2, -0.15) is 0 Å². The molecule has 2 bridgehead atoms. The van der Waals surface area contributed by atoms with Gasteiger partial charge in [-0.1, -0.05) is 0 Å². The molecule has 0 radical (unpaired) electrons. The highest BCUT2D eigenvalue weighted by molar-refractivity contribution is 7.18. The first-order valence-electron chi connectivity index (χ1n) is 11.9. The van der Waals surface area contributed by atoms with Gasteiger partial charge in [0.05, 0.1) is 16.8 Å². The number of thiophene rings is 1. The molecule has 6 nitrogen and oxygen atoms in total. The van der Waals surface area contributed by atoms with Crippen LogP contribution in [0.2, 0.25) is 0 Å². The van der Waals surface area contributed by atoms with Crippen LogP contribution >= 0.6 is 11.3 Å². The monoisotopic (exact) mass is 467 g/mol. The lowest BCUT2D eigenvalue weighted by Gasteiger charge is -2.36. The predicted molar refractivity (Wildman–Crippen MR) is 133 cm³/mol. The number of rotatable bonds is 7. The lowest BCUT2D eigenvalue weighted by Crippen LogP contribution is -2.43. The molecule has 3 aromatic rings. The number of ether oxygens (including phenoxy) is 2. The predicted octanol–water partition coefficient (Wildman–Crippen LogP) is 4.81. The van der Waals surface area contributed by atoms with Crippen molar-refractivity contribution in [2.24, 2.45) is 0 Å². The van der Waals surface area contributed by atoms with Gasteiger partial charge in [0.25, 0.3) is 5.56 Å². The van der Waals surface area contributed by atoms with Crippen LogP contribution in [0.1, 0.15) is 50.8 Å². The first-order valence-corrected chi connectivity index (χ1v) is 12.7. The third-order valence-corrected chi connectivity index (χ3v) is 8.66. The van der Waals surface area contributed by atoms with Gasteiger partial charge in [-0.05, 0) is 89.8 Å². The zero-order chi connectivity index (χ0) is 23.2. The van der Waals surface area contributed by atoms with Crippen LogP contribution in [-0.2, 0) is 11.2 Å². The van der Waals surface area contributed by atoms with E-state index in [1.165, 1.54) is 24.2 Å². The highest BCUT2D eigenvalue weighted by Gasteiger charge is 2.39.